The molecule has 4 atom stereocenters. The summed E-state index contributed by atoms with van der Waals surface area (Å²) in [7, 11) is 3.40. The molecule has 7 heteroatoms. The van der Waals surface area contributed by atoms with E-state index in [0.717, 1.165) is 11.3 Å². The molecule has 1 amide bonds. The second-order valence-corrected chi connectivity index (χ2v) is 8.56. The van der Waals surface area contributed by atoms with Crippen molar-refractivity contribution in [3.8, 4) is 0 Å². The third-order valence-electron chi connectivity index (χ3n) is 6.51. The smallest absolute Gasteiger partial charge is 0.258 e. The van der Waals surface area contributed by atoms with Crippen LogP contribution in [0.4, 0.5) is 4.39 Å². The highest BCUT2D eigenvalue weighted by atomic mass is 19.1. The molecule has 1 aromatic carbocycles. The van der Waals surface area contributed by atoms with Gasteiger partial charge in [0.2, 0.25) is 5.91 Å². The van der Waals surface area contributed by atoms with Gasteiger partial charge in [-0.2, -0.15) is 0 Å². The number of benzene rings is 1. The van der Waals surface area contributed by atoms with Crippen LogP contribution in [0, 0.1) is 17.7 Å². The molecule has 0 radical (unpaired) electrons. The Hall–Kier alpha value is -2.77. The van der Waals surface area contributed by atoms with Crippen LogP contribution < -0.4 is 5.56 Å². The molecule has 0 spiro atoms. The topological polar surface area (TPSA) is 65.8 Å². The number of hydrogen-bond acceptors (Lipinski definition) is 4. The fourth-order valence-corrected chi connectivity index (χ4v) is 5.20. The van der Waals surface area contributed by atoms with E-state index in [1.807, 2.05) is 36.1 Å². The lowest BCUT2D eigenvalue weighted by molar-refractivity contribution is -0.136. The Balaban J connectivity index is 1.82. The molecule has 0 saturated carbocycles. The Morgan fingerprint density at radius 2 is 2.06 bits per heavy atom. The number of carbonyl (C=O) groups is 1. The summed E-state index contributed by atoms with van der Waals surface area (Å²) in [5, 5.41) is 10.3. The highest BCUT2D eigenvalue weighted by molar-refractivity contribution is 5.82. The lowest BCUT2D eigenvalue weighted by atomic mass is 9.88. The summed E-state index contributed by atoms with van der Waals surface area (Å²) >= 11 is 0. The number of aliphatic hydroxyl groups excluding tert-OH is 1. The van der Waals surface area contributed by atoms with Crippen molar-refractivity contribution in [3.05, 3.63) is 75.5 Å². The van der Waals surface area contributed by atoms with Crippen LogP contribution in [0.1, 0.15) is 29.8 Å². The second-order valence-electron chi connectivity index (χ2n) is 8.56. The molecule has 0 unspecified atom stereocenters. The molecule has 2 aliphatic heterocycles. The van der Waals surface area contributed by atoms with Crippen LogP contribution in [0.2, 0.25) is 0 Å². The third kappa shape index (κ3) is 3.62. The van der Waals surface area contributed by atoms with Gasteiger partial charge in [-0.3, -0.25) is 14.5 Å². The number of halogens is 1. The number of rotatable bonds is 5. The number of pyridine rings is 1. The monoisotopic (exact) mass is 425 g/mol. The zero-order valence-electron chi connectivity index (χ0n) is 18.0. The van der Waals surface area contributed by atoms with Gasteiger partial charge in [0.15, 0.2) is 0 Å². The van der Waals surface area contributed by atoms with Gasteiger partial charge in [0.25, 0.3) is 5.56 Å². The molecule has 31 heavy (non-hydrogen) atoms. The molecule has 3 heterocycles. The van der Waals surface area contributed by atoms with E-state index in [9.17, 15) is 19.1 Å². The first kappa shape index (κ1) is 21.5. The van der Waals surface area contributed by atoms with Gasteiger partial charge in [-0.05, 0) is 36.8 Å². The van der Waals surface area contributed by atoms with Crippen LogP contribution in [0.25, 0.3) is 6.08 Å². The van der Waals surface area contributed by atoms with Gasteiger partial charge in [0.1, 0.15) is 5.82 Å². The van der Waals surface area contributed by atoms with Crippen molar-refractivity contribution in [2.24, 2.45) is 11.8 Å². The maximum atomic E-state index is 13.9. The van der Waals surface area contributed by atoms with E-state index in [1.54, 1.807) is 30.8 Å². The summed E-state index contributed by atoms with van der Waals surface area (Å²) in [5.74, 6) is -0.829. The number of hydrogen-bond donors (Lipinski definition) is 1. The summed E-state index contributed by atoms with van der Waals surface area (Å²) in [6.45, 7) is 2.51. The number of fused-ring (bicyclic) bond motifs is 3. The Kier molecular flexibility index (Phi) is 5.81. The largest absolute Gasteiger partial charge is 0.396 e. The fourth-order valence-electron chi connectivity index (χ4n) is 5.20. The summed E-state index contributed by atoms with van der Waals surface area (Å²) in [6, 6.07) is 9.35. The van der Waals surface area contributed by atoms with Gasteiger partial charge in [-0.15, -0.1) is 0 Å². The molecule has 164 valence electrons. The summed E-state index contributed by atoms with van der Waals surface area (Å²) < 4.78 is 15.6. The Labute approximate surface area is 181 Å². The van der Waals surface area contributed by atoms with Crippen LogP contribution in [-0.2, 0) is 17.9 Å². The van der Waals surface area contributed by atoms with Crippen LogP contribution in [-0.4, -0.2) is 52.1 Å². The fraction of sp³-hybridized carbons (Fsp3) is 0.417. The standard InChI is InChI=1S/C24H28FN3O3/c1-4-6-16-9-10-20-21-18(13-27(20)23(16)30)19(14-29)22(24(31)26(2)3)28(21)12-15-7-5-8-17(25)11-15/h4-11,18-19,21-22,29H,12-14H2,1-3H3/b6-4-/t18-,19-,21+,22-/m0/s1. The van der Waals surface area contributed by atoms with E-state index in [1.165, 1.54) is 17.0 Å². The number of nitrogens with zero attached hydrogens (tertiary/aromatic N) is 3. The lowest BCUT2D eigenvalue weighted by Crippen LogP contribution is -2.47. The number of amides is 1. The van der Waals surface area contributed by atoms with E-state index >= 15 is 0 Å². The Bertz CT molecular complexity index is 1080. The quantitative estimate of drug-likeness (QED) is 0.798. The molecule has 2 aromatic rings. The molecule has 1 aromatic heterocycles. The summed E-state index contributed by atoms with van der Waals surface area (Å²) in [6.07, 6.45) is 3.62. The highest BCUT2D eigenvalue weighted by Gasteiger charge is 2.55. The predicted octanol–water partition coefficient (Wildman–Crippen LogP) is 2.27. The Morgan fingerprint density at radius 1 is 1.29 bits per heavy atom. The molecule has 0 aliphatic carbocycles. The molecule has 0 bridgehead atoms. The van der Waals surface area contributed by atoms with E-state index < -0.39 is 6.04 Å². The van der Waals surface area contributed by atoms with Crippen molar-refractivity contribution in [1.82, 2.24) is 14.4 Å². The zero-order valence-corrected chi connectivity index (χ0v) is 18.0. The normalized spacial score (nSPS) is 25.1. The summed E-state index contributed by atoms with van der Waals surface area (Å²) in [5.41, 5.74) is 2.14. The highest BCUT2D eigenvalue weighted by Crippen LogP contribution is 2.50. The van der Waals surface area contributed by atoms with Gasteiger partial charge in [-0.25, -0.2) is 4.39 Å². The molecular formula is C24H28FN3O3. The van der Waals surface area contributed by atoms with Gasteiger partial charge in [-0.1, -0.05) is 24.3 Å². The van der Waals surface area contributed by atoms with E-state index in [-0.39, 0.29) is 41.8 Å². The van der Waals surface area contributed by atoms with Gasteiger partial charge in [0, 0.05) is 56.9 Å². The van der Waals surface area contributed by atoms with Gasteiger partial charge in [0.05, 0.1) is 12.1 Å². The lowest BCUT2D eigenvalue weighted by Gasteiger charge is -2.32. The van der Waals surface area contributed by atoms with Crippen molar-refractivity contribution in [2.75, 3.05) is 20.7 Å². The van der Waals surface area contributed by atoms with E-state index in [0.29, 0.717) is 18.7 Å². The minimum Gasteiger partial charge on any atom is -0.396 e. The van der Waals surface area contributed by atoms with Crippen molar-refractivity contribution >= 4 is 12.0 Å². The summed E-state index contributed by atoms with van der Waals surface area (Å²) in [4.78, 5) is 29.7. The van der Waals surface area contributed by atoms with Crippen LogP contribution in [0.3, 0.4) is 0 Å². The number of allylic oxidation sites excluding steroid dienone is 1. The van der Waals surface area contributed by atoms with Gasteiger partial charge < -0.3 is 14.6 Å². The van der Waals surface area contributed by atoms with Gasteiger partial charge >= 0.3 is 0 Å². The maximum absolute atomic E-state index is 13.9. The minimum absolute atomic E-state index is 0.0668. The first-order chi connectivity index (χ1) is 14.9. The molecule has 2 aliphatic rings. The van der Waals surface area contributed by atoms with Crippen LogP contribution >= 0.6 is 0 Å². The average Bonchev–Trinajstić information content (AvgIpc) is 3.25. The van der Waals surface area contributed by atoms with E-state index in [4.69, 9.17) is 0 Å². The molecular weight excluding hydrogens is 397 g/mol. The zero-order chi connectivity index (χ0) is 22.3. The second kappa shape index (κ2) is 8.40. The molecule has 4 rings (SSSR count). The molecule has 1 N–H and O–H groups in total. The number of aliphatic hydroxyl groups is 1. The van der Waals surface area contributed by atoms with E-state index in [2.05, 4.69) is 0 Å². The molecule has 6 nitrogen and oxygen atoms in total. The number of likely N-dealkylation sites (N-methyl/N-ethyl adjacent to an activating group) is 1. The Morgan fingerprint density at radius 3 is 2.71 bits per heavy atom. The molecule has 1 fully saturated rings. The predicted molar refractivity (Wildman–Crippen MR) is 117 cm³/mol. The van der Waals surface area contributed by atoms with Crippen molar-refractivity contribution in [2.45, 2.75) is 32.1 Å². The van der Waals surface area contributed by atoms with Crippen LogP contribution in [0.5, 0.6) is 0 Å². The van der Waals surface area contributed by atoms with Crippen molar-refractivity contribution < 1.29 is 14.3 Å². The number of likely N-dealkylation sites (tertiary alicyclic amines) is 1. The number of aromatic nitrogens is 1. The molecule has 1 saturated heterocycles. The van der Waals surface area contributed by atoms with Crippen LogP contribution in [0.15, 0.2) is 47.3 Å². The first-order valence-electron chi connectivity index (χ1n) is 10.6. The number of carbonyl (C=O) groups excluding carboxylic acids is 1. The van der Waals surface area contributed by atoms with Crippen molar-refractivity contribution in [3.63, 3.8) is 0 Å². The SMILES string of the molecule is C/C=C\c1ccc2n(c1=O)C[C@H]1[C@H](CO)[C@@H](C(=O)N(C)C)N(Cc3cccc(F)c3)[C@@H]21. The third-order valence-corrected chi connectivity index (χ3v) is 6.51. The average molecular weight is 426 g/mol. The first-order valence-corrected chi connectivity index (χ1v) is 10.6. The minimum atomic E-state index is -0.544. The van der Waals surface area contributed by atoms with Crippen molar-refractivity contribution in [1.29, 1.82) is 0 Å². The maximum Gasteiger partial charge on any atom is 0.258 e.